The van der Waals surface area contributed by atoms with Crippen LogP contribution in [0.1, 0.15) is 11.1 Å². The number of halogens is 2. The number of carbonyl (C=O) groups is 1. The van der Waals surface area contributed by atoms with E-state index in [1.165, 1.54) is 11.0 Å². The molecule has 0 unspecified atom stereocenters. The van der Waals surface area contributed by atoms with E-state index >= 15 is 0 Å². The summed E-state index contributed by atoms with van der Waals surface area (Å²) in [5.41, 5.74) is 8.08. The van der Waals surface area contributed by atoms with Gasteiger partial charge in [0, 0.05) is 22.0 Å². The Balaban J connectivity index is 2.00. The van der Waals surface area contributed by atoms with Crippen LogP contribution in [0.5, 0.6) is 0 Å². The number of hydrogen-bond acceptors (Lipinski definition) is 2. The molecule has 2 aromatic rings. The van der Waals surface area contributed by atoms with Crippen LogP contribution < -0.4 is 10.6 Å². The molecule has 0 spiro atoms. The van der Waals surface area contributed by atoms with Gasteiger partial charge in [0.25, 0.3) is 0 Å². The zero-order chi connectivity index (χ0) is 14.3. The molecule has 1 aliphatic heterocycles. The van der Waals surface area contributed by atoms with Gasteiger partial charge in [0.05, 0.1) is 13.0 Å². The van der Waals surface area contributed by atoms with Crippen molar-refractivity contribution in [1.82, 2.24) is 0 Å². The summed E-state index contributed by atoms with van der Waals surface area (Å²) in [5, 5.41) is 0.546. The minimum Gasteiger partial charge on any atom is -0.398 e. The van der Waals surface area contributed by atoms with Crippen molar-refractivity contribution in [2.75, 3.05) is 10.6 Å². The highest BCUT2D eigenvalue weighted by molar-refractivity contribution is 6.31. The molecule has 0 radical (unpaired) electrons. The van der Waals surface area contributed by atoms with Gasteiger partial charge in [0.2, 0.25) is 5.91 Å². The van der Waals surface area contributed by atoms with Crippen molar-refractivity contribution in [3.05, 3.63) is 58.4 Å². The third-order valence-electron chi connectivity index (χ3n) is 3.45. The fourth-order valence-electron chi connectivity index (χ4n) is 2.40. The average molecular weight is 291 g/mol. The Morgan fingerprint density at radius 2 is 2.10 bits per heavy atom. The van der Waals surface area contributed by atoms with Gasteiger partial charge in [-0.1, -0.05) is 23.7 Å². The number of nitrogens with two attached hydrogens (primary N) is 1. The topological polar surface area (TPSA) is 46.3 Å². The van der Waals surface area contributed by atoms with Crippen molar-refractivity contribution >= 4 is 28.9 Å². The SMILES string of the molecule is Nc1cccc(F)c1CN1C(=O)Cc2ccc(Cl)cc21. The van der Waals surface area contributed by atoms with Crippen LogP contribution >= 0.6 is 11.6 Å². The van der Waals surface area contributed by atoms with Crippen LogP contribution in [0.3, 0.4) is 0 Å². The van der Waals surface area contributed by atoms with E-state index in [2.05, 4.69) is 0 Å². The number of benzene rings is 2. The summed E-state index contributed by atoms with van der Waals surface area (Å²) in [4.78, 5) is 13.6. The smallest absolute Gasteiger partial charge is 0.231 e. The van der Waals surface area contributed by atoms with Gasteiger partial charge in [-0.3, -0.25) is 4.79 Å². The van der Waals surface area contributed by atoms with E-state index in [4.69, 9.17) is 17.3 Å². The van der Waals surface area contributed by atoms with E-state index in [0.717, 1.165) is 11.3 Å². The highest BCUT2D eigenvalue weighted by atomic mass is 35.5. The van der Waals surface area contributed by atoms with Crippen molar-refractivity contribution in [3.63, 3.8) is 0 Å². The Morgan fingerprint density at radius 1 is 1.30 bits per heavy atom. The lowest BCUT2D eigenvalue weighted by molar-refractivity contribution is -0.117. The maximum Gasteiger partial charge on any atom is 0.231 e. The van der Waals surface area contributed by atoms with Crippen molar-refractivity contribution in [2.45, 2.75) is 13.0 Å². The number of anilines is 2. The van der Waals surface area contributed by atoms with Crippen LogP contribution in [-0.4, -0.2) is 5.91 Å². The number of rotatable bonds is 2. The van der Waals surface area contributed by atoms with Crippen LogP contribution in [0.25, 0.3) is 0 Å². The molecule has 0 aliphatic carbocycles. The maximum absolute atomic E-state index is 13.8. The molecule has 5 heteroatoms. The van der Waals surface area contributed by atoms with E-state index < -0.39 is 5.82 Å². The first kappa shape index (κ1) is 12.9. The quantitative estimate of drug-likeness (QED) is 0.864. The van der Waals surface area contributed by atoms with E-state index in [-0.39, 0.29) is 12.5 Å². The largest absolute Gasteiger partial charge is 0.398 e. The number of amides is 1. The zero-order valence-corrected chi connectivity index (χ0v) is 11.3. The molecule has 0 bridgehead atoms. The van der Waals surface area contributed by atoms with Gasteiger partial charge in [0.1, 0.15) is 5.82 Å². The first-order valence-corrected chi connectivity index (χ1v) is 6.55. The van der Waals surface area contributed by atoms with Crippen LogP contribution in [0, 0.1) is 5.82 Å². The molecule has 0 saturated heterocycles. The fraction of sp³-hybridized carbons (Fsp3) is 0.133. The van der Waals surface area contributed by atoms with Crippen molar-refractivity contribution < 1.29 is 9.18 Å². The molecular weight excluding hydrogens is 279 g/mol. The fourth-order valence-corrected chi connectivity index (χ4v) is 2.57. The molecule has 1 aliphatic rings. The molecule has 20 heavy (non-hydrogen) atoms. The molecule has 2 aromatic carbocycles. The monoisotopic (exact) mass is 290 g/mol. The first-order chi connectivity index (χ1) is 9.56. The Kier molecular flexibility index (Phi) is 3.10. The number of fused-ring (bicyclic) bond motifs is 1. The minimum atomic E-state index is -0.409. The maximum atomic E-state index is 13.8. The lowest BCUT2D eigenvalue weighted by atomic mass is 10.1. The normalized spacial score (nSPS) is 13.7. The number of nitrogens with zero attached hydrogens (tertiary/aromatic N) is 1. The number of hydrogen-bond donors (Lipinski definition) is 1. The molecule has 3 rings (SSSR count). The third kappa shape index (κ3) is 2.12. The van der Waals surface area contributed by atoms with E-state index in [1.54, 1.807) is 24.3 Å². The molecule has 2 N–H and O–H groups in total. The standard InChI is InChI=1S/C15H12ClFN2O/c16-10-5-4-9-6-15(20)19(14(9)7-10)8-11-12(17)2-1-3-13(11)18/h1-5,7H,6,8,18H2. The van der Waals surface area contributed by atoms with Gasteiger partial charge in [-0.05, 0) is 29.8 Å². The predicted molar refractivity (Wildman–Crippen MR) is 77.2 cm³/mol. The summed E-state index contributed by atoms with van der Waals surface area (Å²) in [6, 6.07) is 9.79. The molecule has 102 valence electrons. The summed E-state index contributed by atoms with van der Waals surface area (Å²) in [6.07, 6.45) is 0.306. The molecule has 3 nitrogen and oxygen atoms in total. The van der Waals surface area contributed by atoms with E-state index in [9.17, 15) is 9.18 Å². The Hall–Kier alpha value is -2.07. The van der Waals surface area contributed by atoms with Gasteiger partial charge in [0.15, 0.2) is 0 Å². The second kappa shape index (κ2) is 4.80. The molecule has 0 aromatic heterocycles. The summed E-state index contributed by atoms with van der Waals surface area (Å²) in [7, 11) is 0. The summed E-state index contributed by atoms with van der Waals surface area (Å²) >= 11 is 5.97. The second-order valence-corrected chi connectivity index (χ2v) is 5.17. The Morgan fingerprint density at radius 3 is 2.85 bits per heavy atom. The second-order valence-electron chi connectivity index (χ2n) is 4.74. The highest BCUT2D eigenvalue weighted by Gasteiger charge is 2.28. The summed E-state index contributed by atoms with van der Waals surface area (Å²) in [6.45, 7) is 0.116. The van der Waals surface area contributed by atoms with Crippen LogP contribution in [0.2, 0.25) is 5.02 Å². The summed E-state index contributed by atoms with van der Waals surface area (Å²) in [5.74, 6) is -0.488. The minimum absolute atomic E-state index is 0.0788. The highest BCUT2D eigenvalue weighted by Crippen LogP contribution is 2.33. The van der Waals surface area contributed by atoms with E-state index in [0.29, 0.717) is 22.7 Å². The predicted octanol–water partition coefficient (Wildman–Crippen LogP) is 3.15. The molecule has 1 heterocycles. The van der Waals surface area contributed by atoms with Gasteiger partial charge in [-0.25, -0.2) is 4.39 Å². The average Bonchev–Trinajstić information content (AvgIpc) is 2.70. The lowest BCUT2D eigenvalue weighted by Gasteiger charge is -2.19. The van der Waals surface area contributed by atoms with Gasteiger partial charge < -0.3 is 10.6 Å². The molecule has 1 amide bonds. The van der Waals surface area contributed by atoms with Crippen molar-refractivity contribution in [3.8, 4) is 0 Å². The van der Waals surface area contributed by atoms with Crippen LogP contribution in [0.15, 0.2) is 36.4 Å². The zero-order valence-electron chi connectivity index (χ0n) is 10.6. The molecule has 0 fully saturated rings. The number of nitrogen functional groups attached to an aromatic ring is 1. The molecule has 0 saturated carbocycles. The van der Waals surface area contributed by atoms with Crippen molar-refractivity contribution in [2.24, 2.45) is 0 Å². The Bertz CT molecular complexity index is 682. The molecule has 0 atom stereocenters. The third-order valence-corrected chi connectivity index (χ3v) is 3.69. The Labute approximate surface area is 120 Å². The molecular formula is C15H12ClFN2O. The lowest BCUT2D eigenvalue weighted by Crippen LogP contribution is -2.27. The first-order valence-electron chi connectivity index (χ1n) is 6.18. The number of carbonyl (C=O) groups excluding carboxylic acids is 1. The van der Waals surface area contributed by atoms with Crippen LogP contribution in [-0.2, 0) is 17.8 Å². The van der Waals surface area contributed by atoms with Crippen LogP contribution in [0.4, 0.5) is 15.8 Å². The summed E-state index contributed by atoms with van der Waals surface area (Å²) < 4.78 is 13.8. The van der Waals surface area contributed by atoms with Gasteiger partial charge in [-0.15, -0.1) is 0 Å². The van der Waals surface area contributed by atoms with E-state index in [1.807, 2.05) is 6.07 Å². The van der Waals surface area contributed by atoms with Crippen molar-refractivity contribution in [1.29, 1.82) is 0 Å². The van der Waals surface area contributed by atoms with Gasteiger partial charge in [-0.2, -0.15) is 0 Å². The van der Waals surface area contributed by atoms with Gasteiger partial charge >= 0.3 is 0 Å².